The highest BCUT2D eigenvalue weighted by Crippen LogP contribution is 2.08. The van der Waals surface area contributed by atoms with Gasteiger partial charge in [0.05, 0.1) is 0 Å². The number of ether oxygens (including phenoxy) is 1. The molecule has 0 aliphatic rings. The second-order valence-electron chi connectivity index (χ2n) is 4.66. The van der Waals surface area contributed by atoms with Crippen LogP contribution in [0.4, 0.5) is 0 Å². The van der Waals surface area contributed by atoms with Crippen molar-refractivity contribution in [1.29, 1.82) is 0 Å². The largest absolute Gasteiger partial charge is 0.490 e. The first-order valence-corrected chi connectivity index (χ1v) is 8.86. The van der Waals surface area contributed by atoms with Crippen LogP contribution in [0.3, 0.4) is 0 Å². The monoisotopic (exact) mass is 234 g/mol. The molecule has 1 unspecified atom stereocenters. The van der Waals surface area contributed by atoms with Crippen LogP contribution in [0.25, 0.3) is 0 Å². The molecule has 0 aliphatic heterocycles. The van der Waals surface area contributed by atoms with Crippen molar-refractivity contribution in [2.24, 2.45) is 0 Å². The average Bonchev–Trinajstić information content (AvgIpc) is 2.24. The van der Waals surface area contributed by atoms with Crippen molar-refractivity contribution >= 4 is 8.07 Å². The van der Waals surface area contributed by atoms with Crippen LogP contribution in [-0.4, -0.2) is 25.9 Å². The summed E-state index contributed by atoms with van der Waals surface area (Å²) in [5, 5.41) is 9.60. The summed E-state index contributed by atoms with van der Waals surface area (Å²) < 4.78 is 5.40. The Morgan fingerprint density at radius 2 is 1.88 bits per heavy atom. The molecule has 16 heavy (non-hydrogen) atoms. The molecule has 86 valence electrons. The molecule has 3 heteroatoms. The predicted octanol–water partition coefficient (Wildman–Crippen LogP) is 2.31. The molecular formula is C13H18O2Si. The summed E-state index contributed by atoms with van der Waals surface area (Å²) >= 11 is 0. The molecule has 0 fully saturated rings. The van der Waals surface area contributed by atoms with Crippen LogP contribution in [0.1, 0.15) is 0 Å². The molecule has 2 nitrogen and oxygen atoms in total. The van der Waals surface area contributed by atoms with Gasteiger partial charge in [-0.25, -0.2) is 0 Å². The van der Waals surface area contributed by atoms with E-state index in [1.807, 2.05) is 30.3 Å². The molecule has 0 amide bonds. The second kappa shape index (κ2) is 5.74. The third kappa shape index (κ3) is 5.59. The van der Waals surface area contributed by atoms with Gasteiger partial charge in [0.25, 0.3) is 0 Å². The van der Waals surface area contributed by atoms with E-state index in [1.54, 1.807) is 0 Å². The van der Waals surface area contributed by atoms with Crippen molar-refractivity contribution in [1.82, 2.24) is 0 Å². The first-order chi connectivity index (χ1) is 7.47. The van der Waals surface area contributed by atoms with Gasteiger partial charge in [-0.3, -0.25) is 0 Å². The van der Waals surface area contributed by atoms with E-state index in [1.165, 1.54) is 0 Å². The smallest absolute Gasteiger partial charge is 0.147 e. The van der Waals surface area contributed by atoms with Crippen molar-refractivity contribution in [3.63, 3.8) is 0 Å². The molecule has 0 heterocycles. The summed E-state index contributed by atoms with van der Waals surface area (Å²) in [4.78, 5) is 0. The molecule has 0 radical (unpaired) electrons. The molecular weight excluding hydrogens is 216 g/mol. The quantitative estimate of drug-likeness (QED) is 0.642. The zero-order chi connectivity index (χ0) is 12.0. The first kappa shape index (κ1) is 12.8. The zero-order valence-corrected chi connectivity index (χ0v) is 11.0. The lowest BCUT2D eigenvalue weighted by Crippen LogP contribution is -2.20. The first-order valence-electron chi connectivity index (χ1n) is 5.36. The molecule has 0 saturated carbocycles. The molecule has 0 spiro atoms. The number of rotatable bonds is 3. The van der Waals surface area contributed by atoms with Crippen molar-refractivity contribution in [2.75, 3.05) is 6.61 Å². The van der Waals surface area contributed by atoms with Gasteiger partial charge in [-0.15, -0.1) is 5.54 Å². The van der Waals surface area contributed by atoms with Crippen LogP contribution in [0.15, 0.2) is 30.3 Å². The van der Waals surface area contributed by atoms with Gasteiger partial charge in [0.15, 0.2) is 0 Å². The Morgan fingerprint density at radius 1 is 1.25 bits per heavy atom. The number of aliphatic hydroxyl groups excluding tert-OH is 1. The third-order valence-electron chi connectivity index (χ3n) is 1.76. The van der Waals surface area contributed by atoms with Gasteiger partial charge in [0, 0.05) is 0 Å². The molecule has 1 aromatic rings. The highest BCUT2D eigenvalue weighted by atomic mass is 28.3. The Hall–Kier alpha value is -1.24. The fraction of sp³-hybridized carbons (Fsp3) is 0.385. The number of benzene rings is 1. The number of hydrogen-bond donors (Lipinski definition) is 1. The van der Waals surface area contributed by atoms with Crippen molar-refractivity contribution in [3.05, 3.63) is 30.3 Å². The van der Waals surface area contributed by atoms with Crippen LogP contribution in [-0.2, 0) is 0 Å². The maximum Gasteiger partial charge on any atom is 0.147 e. The molecule has 1 rings (SSSR count). The average molecular weight is 234 g/mol. The fourth-order valence-corrected chi connectivity index (χ4v) is 1.63. The molecule has 0 saturated heterocycles. The molecule has 0 bridgehead atoms. The lowest BCUT2D eigenvalue weighted by Gasteiger charge is -2.08. The highest BCUT2D eigenvalue weighted by Gasteiger charge is 2.09. The van der Waals surface area contributed by atoms with E-state index in [4.69, 9.17) is 4.74 Å². The summed E-state index contributed by atoms with van der Waals surface area (Å²) in [7, 11) is -1.40. The number of aliphatic hydroxyl groups is 1. The minimum atomic E-state index is -1.40. The molecule has 1 atom stereocenters. The lowest BCUT2D eigenvalue weighted by molar-refractivity contribution is 0.151. The van der Waals surface area contributed by atoms with Gasteiger partial charge >= 0.3 is 0 Å². The van der Waals surface area contributed by atoms with Crippen LogP contribution in [0, 0.1) is 11.5 Å². The minimum Gasteiger partial charge on any atom is -0.490 e. The maximum absolute atomic E-state index is 9.60. The van der Waals surface area contributed by atoms with E-state index in [0.29, 0.717) is 0 Å². The molecule has 1 aromatic carbocycles. The van der Waals surface area contributed by atoms with Crippen molar-refractivity contribution in [3.8, 4) is 17.2 Å². The van der Waals surface area contributed by atoms with Crippen molar-refractivity contribution < 1.29 is 9.84 Å². The van der Waals surface area contributed by atoms with E-state index >= 15 is 0 Å². The second-order valence-corrected chi connectivity index (χ2v) is 9.41. The maximum atomic E-state index is 9.60. The Balaban J connectivity index is 2.41. The Morgan fingerprint density at radius 3 is 2.44 bits per heavy atom. The van der Waals surface area contributed by atoms with Gasteiger partial charge in [-0.05, 0) is 12.1 Å². The summed E-state index contributed by atoms with van der Waals surface area (Å²) in [6.45, 7) is 6.65. The third-order valence-corrected chi connectivity index (χ3v) is 2.66. The van der Waals surface area contributed by atoms with Crippen molar-refractivity contribution in [2.45, 2.75) is 25.7 Å². The Bertz CT molecular complexity index is 370. The van der Waals surface area contributed by atoms with E-state index in [0.717, 1.165) is 5.75 Å². The lowest BCUT2D eigenvalue weighted by atomic mass is 10.3. The summed E-state index contributed by atoms with van der Waals surface area (Å²) in [6, 6.07) is 9.44. The van der Waals surface area contributed by atoms with Crippen LogP contribution >= 0.6 is 0 Å². The Labute approximate surface area is 98.3 Å². The van der Waals surface area contributed by atoms with Crippen LogP contribution in [0.5, 0.6) is 5.75 Å². The Kier molecular flexibility index (Phi) is 4.60. The van der Waals surface area contributed by atoms with Gasteiger partial charge < -0.3 is 9.84 Å². The normalized spacial score (nSPS) is 12.5. The van der Waals surface area contributed by atoms with E-state index < -0.39 is 14.2 Å². The standard InChI is InChI=1S/C13H18O2Si/c1-16(2,3)10-9-12(14)11-15-13-7-5-4-6-8-13/h4-8,12,14H,11H2,1-3H3. The highest BCUT2D eigenvalue weighted by molar-refractivity contribution is 6.83. The molecule has 0 aromatic heterocycles. The van der Waals surface area contributed by atoms with Crippen LogP contribution in [0.2, 0.25) is 19.6 Å². The SMILES string of the molecule is C[Si](C)(C)C#CC(O)COc1ccccc1. The predicted molar refractivity (Wildman–Crippen MR) is 69.1 cm³/mol. The van der Waals surface area contributed by atoms with Gasteiger partial charge in [0.2, 0.25) is 0 Å². The van der Waals surface area contributed by atoms with E-state index in [9.17, 15) is 5.11 Å². The topological polar surface area (TPSA) is 29.5 Å². The van der Waals surface area contributed by atoms with E-state index in [2.05, 4.69) is 31.1 Å². The van der Waals surface area contributed by atoms with Crippen LogP contribution < -0.4 is 4.74 Å². The zero-order valence-electron chi connectivity index (χ0n) is 10.0. The van der Waals surface area contributed by atoms with Gasteiger partial charge in [0.1, 0.15) is 26.5 Å². The summed E-state index contributed by atoms with van der Waals surface area (Å²) in [6.07, 6.45) is -0.702. The van der Waals surface area contributed by atoms with E-state index in [-0.39, 0.29) is 6.61 Å². The number of para-hydroxylation sites is 1. The van der Waals surface area contributed by atoms with Gasteiger partial charge in [-0.1, -0.05) is 43.8 Å². The minimum absolute atomic E-state index is 0.224. The number of hydrogen-bond acceptors (Lipinski definition) is 2. The molecule has 0 aliphatic carbocycles. The summed E-state index contributed by atoms with van der Waals surface area (Å²) in [5.41, 5.74) is 3.12. The summed E-state index contributed by atoms with van der Waals surface area (Å²) in [5.74, 6) is 3.60. The molecule has 1 N–H and O–H groups in total. The van der Waals surface area contributed by atoms with Gasteiger partial charge in [-0.2, -0.15) is 0 Å². The fourth-order valence-electron chi connectivity index (χ4n) is 1.03.